The third-order valence-corrected chi connectivity index (χ3v) is 4.00. The first-order valence-corrected chi connectivity index (χ1v) is 7.24. The molecule has 0 saturated carbocycles. The van der Waals surface area contributed by atoms with Gasteiger partial charge in [0.15, 0.2) is 0 Å². The van der Waals surface area contributed by atoms with Crippen LogP contribution in [0.2, 0.25) is 5.02 Å². The summed E-state index contributed by atoms with van der Waals surface area (Å²) >= 11 is 12.0. The molecule has 0 nitrogen and oxygen atoms in total. The number of hydrogen-bond donors (Lipinski definition) is 0. The summed E-state index contributed by atoms with van der Waals surface area (Å²) in [6, 6.07) is 10.9. The summed E-state index contributed by atoms with van der Waals surface area (Å²) in [6.07, 6.45) is 1.13. The predicted molar refractivity (Wildman–Crippen MR) is 79.4 cm³/mol. The molecular formula is C16H14Cl2F2. The lowest BCUT2D eigenvalue weighted by molar-refractivity contribution is 0.545. The van der Waals surface area contributed by atoms with Gasteiger partial charge in [-0.25, -0.2) is 8.78 Å². The lowest BCUT2D eigenvalue weighted by Gasteiger charge is -2.15. The highest BCUT2D eigenvalue weighted by Crippen LogP contribution is 2.24. The van der Waals surface area contributed by atoms with Crippen molar-refractivity contribution in [1.29, 1.82) is 0 Å². The van der Waals surface area contributed by atoms with E-state index >= 15 is 0 Å². The van der Waals surface area contributed by atoms with Crippen molar-refractivity contribution >= 4 is 23.2 Å². The zero-order valence-electron chi connectivity index (χ0n) is 10.8. The van der Waals surface area contributed by atoms with E-state index in [9.17, 15) is 8.78 Å². The molecule has 0 bridgehead atoms. The zero-order valence-corrected chi connectivity index (χ0v) is 12.3. The van der Waals surface area contributed by atoms with Crippen molar-refractivity contribution in [3.8, 4) is 0 Å². The fourth-order valence-electron chi connectivity index (χ4n) is 2.15. The number of alkyl halides is 1. The van der Waals surface area contributed by atoms with Crippen LogP contribution in [0.4, 0.5) is 8.78 Å². The monoisotopic (exact) mass is 314 g/mol. The molecule has 4 heteroatoms. The Kier molecular flexibility index (Phi) is 5.38. The lowest BCUT2D eigenvalue weighted by Crippen LogP contribution is -2.11. The average Bonchev–Trinajstić information content (AvgIpc) is 2.44. The van der Waals surface area contributed by atoms with Crippen molar-refractivity contribution in [2.75, 3.05) is 5.88 Å². The fourth-order valence-corrected chi connectivity index (χ4v) is 2.61. The largest absolute Gasteiger partial charge is 0.207 e. The smallest absolute Gasteiger partial charge is 0.127 e. The maximum absolute atomic E-state index is 13.8. The Morgan fingerprint density at radius 1 is 0.950 bits per heavy atom. The molecule has 2 aromatic rings. The van der Waals surface area contributed by atoms with Gasteiger partial charge in [0.2, 0.25) is 0 Å². The van der Waals surface area contributed by atoms with Gasteiger partial charge in [0, 0.05) is 16.5 Å². The molecule has 0 radical (unpaired) electrons. The van der Waals surface area contributed by atoms with E-state index in [4.69, 9.17) is 23.2 Å². The Bertz CT molecular complexity index is 547. The van der Waals surface area contributed by atoms with Gasteiger partial charge in [-0.3, -0.25) is 0 Å². The molecule has 0 aliphatic heterocycles. The molecule has 2 aromatic carbocycles. The third-order valence-electron chi connectivity index (χ3n) is 3.21. The molecule has 1 atom stereocenters. The Labute approximate surface area is 127 Å². The van der Waals surface area contributed by atoms with Crippen LogP contribution in [0.5, 0.6) is 0 Å². The first kappa shape index (κ1) is 15.3. The molecule has 0 saturated heterocycles. The van der Waals surface area contributed by atoms with Crippen LogP contribution in [0.25, 0.3) is 0 Å². The Balaban J connectivity index is 2.11. The minimum atomic E-state index is -0.313. The van der Waals surface area contributed by atoms with Crippen LogP contribution in [0.15, 0.2) is 42.5 Å². The SMILES string of the molecule is Fc1ccc(CC(CCl)Cc2c(F)cccc2Cl)cc1. The predicted octanol–water partition coefficient (Wildman–Crippen LogP) is 5.26. The number of benzene rings is 2. The van der Waals surface area contributed by atoms with Crippen LogP contribution < -0.4 is 0 Å². The average molecular weight is 315 g/mol. The summed E-state index contributed by atoms with van der Waals surface area (Å²) in [5.74, 6) is -0.140. The number of hydrogen-bond acceptors (Lipinski definition) is 0. The van der Waals surface area contributed by atoms with Gasteiger partial charge in [0.1, 0.15) is 11.6 Å². The molecule has 0 aliphatic rings. The quantitative estimate of drug-likeness (QED) is 0.660. The first-order chi connectivity index (χ1) is 9.60. The maximum Gasteiger partial charge on any atom is 0.127 e. The van der Waals surface area contributed by atoms with Gasteiger partial charge >= 0.3 is 0 Å². The Morgan fingerprint density at radius 2 is 1.65 bits per heavy atom. The highest BCUT2D eigenvalue weighted by molar-refractivity contribution is 6.31. The van der Waals surface area contributed by atoms with Gasteiger partial charge in [-0.15, -0.1) is 11.6 Å². The molecule has 0 aromatic heterocycles. The van der Waals surface area contributed by atoms with Crippen molar-refractivity contribution < 1.29 is 8.78 Å². The topological polar surface area (TPSA) is 0 Å². The van der Waals surface area contributed by atoms with Crippen LogP contribution in [0.1, 0.15) is 11.1 Å². The summed E-state index contributed by atoms with van der Waals surface area (Å²) in [6.45, 7) is 0. The van der Waals surface area contributed by atoms with Crippen LogP contribution in [0.3, 0.4) is 0 Å². The van der Waals surface area contributed by atoms with E-state index in [1.54, 1.807) is 24.3 Å². The molecule has 20 heavy (non-hydrogen) atoms. The van der Waals surface area contributed by atoms with Gasteiger partial charge in [-0.1, -0.05) is 29.8 Å². The van der Waals surface area contributed by atoms with Crippen LogP contribution in [-0.2, 0) is 12.8 Å². The Morgan fingerprint density at radius 3 is 2.25 bits per heavy atom. The molecular weight excluding hydrogens is 301 g/mol. The highest BCUT2D eigenvalue weighted by Gasteiger charge is 2.15. The van der Waals surface area contributed by atoms with Gasteiger partial charge in [0.25, 0.3) is 0 Å². The fraction of sp³-hybridized carbons (Fsp3) is 0.250. The zero-order chi connectivity index (χ0) is 14.5. The summed E-state index contributed by atoms with van der Waals surface area (Å²) in [5, 5.41) is 0.416. The number of rotatable bonds is 5. The normalized spacial score (nSPS) is 12.4. The molecule has 1 unspecified atom stereocenters. The van der Waals surface area contributed by atoms with Crippen molar-refractivity contribution in [2.45, 2.75) is 12.8 Å². The highest BCUT2D eigenvalue weighted by atomic mass is 35.5. The summed E-state index contributed by atoms with van der Waals surface area (Å²) in [4.78, 5) is 0. The maximum atomic E-state index is 13.8. The third kappa shape index (κ3) is 3.94. The number of halogens is 4. The Hall–Kier alpha value is -1.12. The van der Waals surface area contributed by atoms with E-state index in [0.29, 0.717) is 29.3 Å². The summed E-state index contributed by atoms with van der Waals surface area (Å²) in [5.41, 5.74) is 1.46. The minimum Gasteiger partial charge on any atom is -0.207 e. The van der Waals surface area contributed by atoms with E-state index in [2.05, 4.69) is 0 Å². The van der Waals surface area contributed by atoms with Crippen LogP contribution in [-0.4, -0.2) is 5.88 Å². The van der Waals surface area contributed by atoms with E-state index < -0.39 is 0 Å². The van der Waals surface area contributed by atoms with Crippen molar-refractivity contribution in [3.05, 3.63) is 70.2 Å². The minimum absolute atomic E-state index is 0.0523. The molecule has 0 heterocycles. The molecule has 0 aliphatic carbocycles. The van der Waals surface area contributed by atoms with Crippen molar-refractivity contribution in [3.63, 3.8) is 0 Å². The first-order valence-electron chi connectivity index (χ1n) is 6.33. The molecule has 106 valence electrons. The van der Waals surface area contributed by atoms with E-state index in [1.807, 2.05) is 0 Å². The molecule has 0 N–H and O–H groups in total. The molecule has 0 spiro atoms. The van der Waals surface area contributed by atoms with E-state index in [-0.39, 0.29) is 17.6 Å². The second-order valence-corrected chi connectivity index (χ2v) is 5.47. The van der Waals surface area contributed by atoms with Crippen molar-refractivity contribution in [2.24, 2.45) is 5.92 Å². The molecule has 0 amide bonds. The van der Waals surface area contributed by atoms with Crippen LogP contribution >= 0.6 is 23.2 Å². The van der Waals surface area contributed by atoms with E-state index in [1.165, 1.54) is 18.2 Å². The standard InChI is InChI=1S/C16H14Cl2F2/c17-10-12(8-11-4-6-13(19)7-5-11)9-14-15(18)2-1-3-16(14)20/h1-7,12H,8-10H2. The van der Waals surface area contributed by atoms with E-state index in [0.717, 1.165) is 5.56 Å². The molecule has 0 fully saturated rings. The van der Waals surface area contributed by atoms with Gasteiger partial charge in [0.05, 0.1) is 0 Å². The van der Waals surface area contributed by atoms with Crippen LogP contribution in [0, 0.1) is 17.6 Å². The van der Waals surface area contributed by atoms with Gasteiger partial charge < -0.3 is 0 Å². The second kappa shape index (κ2) is 7.05. The van der Waals surface area contributed by atoms with Gasteiger partial charge in [-0.05, 0) is 48.6 Å². The second-order valence-electron chi connectivity index (χ2n) is 4.76. The lowest BCUT2D eigenvalue weighted by atomic mass is 9.94. The summed E-state index contributed by atoms with van der Waals surface area (Å²) < 4.78 is 26.6. The van der Waals surface area contributed by atoms with Gasteiger partial charge in [-0.2, -0.15) is 0 Å². The summed E-state index contributed by atoms with van der Waals surface area (Å²) in [7, 11) is 0. The molecule has 2 rings (SSSR count). The van der Waals surface area contributed by atoms with Crippen molar-refractivity contribution in [1.82, 2.24) is 0 Å².